The zero-order valence-corrected chi connectivity index (χ0v) is 13.0. The summed E-state index contributed by atoms with van der Waals surface area (Å²) in [6, 6.07) is 13.6. The second-order valence-electron chi connectivity index (χ2n) is 5.07. The Morgan fingerprint density at radius 1 is 1.00 bits per heavy atom. The number of rotatable bonds is 3. The Balaban J connectivity index is 2.30. The number of hydrogen-bond donors (Lipinski definition) is 0. The molecule has 0 unspecified atom stereocenters. The summed E-state index contributed by atoms with van der Waals surface area (Å²) in [7, 11) is 0. The minimum absolute atomic E-state index is 0.0749. The predicted octanol–water partition coefficient (Wildman–Crippen LogP) is 5.11. The summed E-state index contributed by atoms with van der Waals surface area (Å²) in [6.07, 6.45) is 0. The second kappa shape index (κ2) is 5.70. The highest BCUT2D eigenvalue weighted by Crippen LogP contribution is 2.20. The van der Waals surface area contributed by atoms with Gasteiger partial charge in [0.15, 0.2) is 5.78 Å². The zero-order chi connectivity index (χ0) is 14.0. The minimum Gasteiger partial charge on any atom is -0.289 e. The van der Waals surface area contributed by atoms with Crippen molar-refractivity contribution in [2.45, 2.75) is 26.7 Å². The molecule has 0 bridgehead atoms. The molecule has 19 heavy (non-hydrogen) atoms. The molecule has 0 amide bonds. The van der Waals surface area contributed by atoms with E-state index < -0.39 is 0 Å². The van der Waals surface area contributed by atoms with Crippen LogP contribution in [0.25, 0.3) is 0 Å². The van der Waals surface area contributed by atoms with Crippen molar-refractivity contribution in [2.24, 2.45) is 0 Å². The van der Waals surface area contributed by atoms with Crippen LogP contribution in [0.4, 0.5) is 0 Å². The van der Waals surface area contributed by atoms with Crippen LogP contribution in [-0.4, -0.2) is 5.78 Å². The van der Waals surface area contributed by atoms with Crippen molar-refractivity contribution in [2.75, 3.05) is 0 Å². The molecule has 2 rings (SSSR count). The molecule has 0 aliphatic carbocycles. The van der Waals surface area contributed by atoms with Crippen molar-refractivity contribution in [1.29, 1.82) is 0 Å². The van der Waals surface area contributed by atoms with Crippen molar-refractivity contribution >= 4 is 21.7 Å². The van der Waals surface area contributed by atoms with Gasteiger partial charge in [0.05, 0.1) is 0 Å². The van der Waals surface area contributed by atoms with Gasteiger partial charge < -0.3 is 0 Å². The summed E-state index contributed by atoms with van der Waals surface area (Å²) < 4.78 is 1.03. The Kier molecular flexibility index (Phi) is 4.20. The van der Waals surface area contributed by atoms with Crippen LogP contribution in [0.2, 0.25) is 0 Å². The highest BCUT2D eigenvalue weighted by molar-refractivity contribution is 9.10. The number of hydrogen-bond acceptors (Lipinski definition) is 1. The average molecular weight is 317 g/mol. The van der Waals surface area contributed by atoms with Gasteiger partial charge in [0.1, 0.15) is 0 Å². The van der Waals surface area contributed by atoms with E-state index in [4.69, 9.17) is 0 Å². The maximum absolute atomic E-state index is 12.4. The van der Waals surface area contributed by atoms with Crippen LogP contribution >= 0.6 is 15.9 Å². The van der Waals surface area contributed by atoms with Crippen molar-refractivity contribution in [3.05, 3.63) is 69.2 Å². The van der Waals surface area contributed by atoms with E-state index in [-0.39, 0.29) is 5.78 Å². The standard InChI is InChI=1S/C17H17BrO/c1-11(2)13-4-6-14(7-5-13)17(19)15-8-9-16(18)12(3)10-15/h4-11H,1-3H3. The maximum atomic E-state index is 12.4. The van der Waals surface area contributed by atoms with E-state index in [9.17, 15) is 4.79 Å². The first-order chi connectivity index (χ1) is 8.99. The molecule has 2 aromatic carbocycles. The topological polar surface area (TPSA) is 17.1 Å². The molecule has 0 aliphatic heterocycles. The molecule has 0 N–H and O–H groups in total. The van der Waals surface area contributed by atoms with Crippen molar-refractivity contribution < 1.29 is 4.79 Å². The van der Waals surface area contributed by atoms with Crippen molar-refractivity contribution in [1.82, 2.24) is 0 Å². The molecule has 0 heterocycles. The van der Waals surface area contributed by atoms with Crippen LogP contribution in [0.5, 0.6) is 0 Å². The molecule has 2 aromatic rings. The third-order valence-corrected chi connectivity index (χ3v) is 4.15. The summed E-state index contributed by atoms with van der Waals surface area (Å²) in [5.74, 6) is 0.560. The molecule has 98 valence electrons. The van der Waals surface area contributed by atoms with Crippen LogP contribution in [0.1, 0.15) is 46.8 Å². The Bertz CT molecular complexity index is 597. The fraction of sp³-hybridized carbons (Fsp3) is 0.235. The number of carbonyl (C=O) groups excluding carboxylic acids is 1. The number of benzene rings is 2. The molecule has 0 saturated carbocycles. The van der Waals surface area contributed by atoms with Crippen LogP contribution in [-0.2, 0) is 0 Å². The summed E-state index contributed by atoms with van der Waals surface area (Å²) in [6.45, 7) is 6.28. The summed E-state index contributed by atoms with van der Waals surface area (Å²) in [4.78, 5) is 12.4. The molecule has 0 aliphatic rings. The zero-order valence-electron chi connectivity index (χ0n) is 11.4. The number of carbonyl (C=O) groups is 1. The number of ketones is 1. The quantitative estimate of drug-likeness (QED) is 0.719. The molecule has 0 spiro atoms. The third-order valence-electron chi connectivity index (χ3n) is 3.26. The maximum Gasteiger partial charge on any atom is 0.193 e. The van der Waals surface area contributed by atoms with Crippen LogP contribution in [0, 0.1) is 6.92 Å². The highest BCUT2D eigenvalue weighted by atomic mass is 79.9. The largest absolute Gasteiger partial charge is 0.289 e. The van der Waals surface area contributed by atoms with Crippen molar-refractivity contribution in [3.8, 4) is 0 Å². The van der Waals surface area contributed by atoms with Gasteiger partial charge in [-0.1, -0.05) is 54.0 Å². The molecule has 0 atom stereocenters. The smallest absolute Gasteiger partial charge is 0.193 e. The number of halogens is 1. The fourth-order valence-corrected chi connectivity index (χ4v) is 2.22. The van der Waals surface area contributed by atoms with Gasteiger partial charge in [0.2, 0.25) is 0 Å². The van der Waals surface area contributed by atoms with Crippen molar-refractivity contribution in [3.63, 3.8) is 0 Å². The van der Waals surface area contributed by atoms with Gasteiger partial charge in [-0.2, -0.15) is 0 Å². The number of aryl methyl sites for hydroxylation is 1. The fourth-order valence-electron chi connectivity index (χ4n) is 1.97. The van der Waals surface area contributed by atoms with E-state index >= 15 is 0 Å². The molecule has 2 heteroatoms. The first-order valence-corrected chi connectivity index (χ1v) is 7.19. The summed E-state index contributed by atoms with van der Waals surface area (Å²) in [5.41, 5.74) is 3.80. The van der Waals surface area contributed by atoms with E-state index in [1.165, 1.54) is 5.56 Å². The lowest BCUT2D eigenvalue weighted by Crippen LogP contribution is -2.02. The Morgan fingerprint density at radius 3 is 2.11 bits per heavy atom. The molecule has 0 radical (unpaired) electrons. The van der Waals surface area contributed by atoms with Gasteiger partial charge in [0, 0.05) is 15.6 Å². The van der Waals surface area contributed by atoms with E-state index in [2.05, 4.69) is 29.8 Å². The van der Waals surface area contributed by atoms with Gasteiger partial charge in [-0.15, -0.1) is 0 Å². The Morgan fingerprint density at radius 2 is 1.58 bits per heavy atom. The van der Waals surface area contributed by atoms with Crippen LogP contribution < -0.4 is 0 Å². The van der Waals surface area contributed by atoms with E-state index in [0.717, 1.165) is 21.2 Å². The first-order valence-electron chi connectivity index (χ1n) is 6.40. The first kappa shape index (κ1) is 14.0. The lowest BCUT2D eigenvalue weighted by atomic mass is 9.97. The van der Waals surface area contributed by atoms with Gasteiger partial charge in [0.25, 0.3) is 0 Å². The molecule has 1 nitrogen and oxygen atoms in total. The molecular weight excluding hydrogens is 300 g/mol. The Labute approximate surface area is 122 Å². The van der Waals surface area contributed by atoms with Gasteiger partial charge in [-0.3, -0.25) is 4.79 Å². The molecule has 0 fully saturated rings. The SMILES string of the molecule is Cc1cc(C(=O)c2ccc(C(C)C)cc2)ccc1Br. The Hall–Kier alpha value is -1.41. The lowest BCUT2D eigenvalue weighted by Gasteiger charge is -2.07. The minimum atomic E-state index is 0.0749. The molecule has 0 saturated heterocycles. The van der Waals surface area contributed by atoms with Gasteiger partial charge in [-0.25, -0.2) is 0 Å². The monoisotopic (exact) mass is 316 g/mol. The van der Waals surface area contributed by atoms with E-state index in [1.807, 2.05) is 49.4 Å². The molecule has 0 aromatic heterocycles. The van der Waals surface area contributed by atoms with E-state index in [0.29, 0.717) is 5.92 Å². The molecular formula is C17H17BrO. The van der Waals surface area contributed by atoms with Gasteiger partial charge in [-0.05, 0) is 42.2 Å². The van der Waals surface area contributed by atoms with Crippen LogP contribution in [0.15, 0.2) is 46.9 Å². The summed E-state index contributed by atoms with van der Waals surface area (Å²) in [5, 5.41) is 0. The summed E-state index contributed by atoms with van der Waals surface area (Å²) >= 11 is 3.45. The predicted molar refractivity (Wildman–Crippen MR) is 82.8 cm³/mol. The van der Waals surface area contributed by atoms with Gasteiger partial charge >= 0.3 is 0 Å². The normalized spacial score (nSPS) is 10.8. The van der Waals surface area contributed by atoms with E-state index in [1.54, 1.807) is 0 Å². The van der Waals surface area contributed by atoms with Crippen LogP contribution in [0.3, 0.4) is 0 Å². The lowest BCUT2D eigenvalue weighted by molar-refractivity contribution is 0.103. The third kappa shape index (κ3) is 3.13. The highest BCUT2D eigenvalue weighted by Gasteiger charge is 2.10. The second-order valence-corrected chi connectivity index (χ2v) is 5.92. The average Bonchev–Trinajstić information content (AvgIpc) is 2.41.